The van der Waals surface area contributed by atoms with Crippen molar-refractivity contribution in [3.8, 4) is 5.75 Å². The first-order valence-corrected chi connectivity index (χ1v) is 5.72. The van der Waals surface area contributed by atoms with Crippen molar-refractivity contribution < 1.29 is 19.4 Å². The Morgan fingerprint density at radius 2 is 2.11 bits per heavy atom. The molecule has 0 heterocycles. The minimum atomic E-state index is -0.752. The first-order valence-electron chi connectivity index (χ1n) is 5.72. The highest BCUT2D eigenvalue weighted by Crippen LogP contribution is 2.18. The number of ether oxygens (including phenoxy) is 1. The van der Waals surface area contributed by atoms with Gasteiger partial charge in [0.1, 0.15) is 11.8 Å². The summed E-state index contributed by atoms with van der Waals surface area (Å²) in [7, 11) is 0. The van der Waals surface area contributed by atoms with Crippen LogP contribution in [0.4, 0.5) is 0 Å². The van der Waals surface area contributed by atoms with E-state index in [0.29, 0.717) is 0 Å². The second-order valence-corrected chi connectivity index (χ2v) is 3.97. The van der Waals surface area contributed by atoms with Crippen LogP contribution in [0.1, 0.15) is 29.8 Å². The summed E-state index contributed by atoms with van der Waals surface area (Å²) < 4.78 is 4.78. The molecule has 0 saturated carbocycles. The number of carbonyl (C=O) groups is 2. The van der Waals surface area contributed by atoms with Crippen LogP contribution in [0.2, 0.25) is 0 Å². The molecule has 1 atom stereocenters. The molecule has 1 rings (SSSR count). The maximum Gasteiger partial charge on any atom is 0.328 e. The van der Waals surface area contributed by atoms with E-state index < -0.39 is 17.9 Å². The van der Waals surface area contributed by atoms with Gasteiger partial charge >= 0.3 is 5.97 Å². The molecule has 1 aromatic carbocycles. The van der Waals surface area contributed by atoms with Gasteiger partial charge in [0, 0.05) is 0 Å². The summed E-state index contributed by atoms with van der Waals surface area (Å²) in [5, 5.41) is 12.1. The van der Waals surface area contributed by atoms with E-state index in [-0.39, 0.29) is 17.9 Å². The number of aromatic hydroxyl groups is 1. The Hall–Kier alpha value is -2.04. The molecule has 2 N–H and O–H groups in total. The number of phenolic OH excluding ortho intramolecular Hbond substituents is 1. The Bertz CT molecular complexity index is 456. The number of carbonyl (C=O) groups excluding carboxylic acids is 2. The zero-order valence-corrected chi connectivity index (χ0v) is 10.7. The second-order valence-electron chi connectivity index (χ2n) is 3.97. The lowest BCUT2D eigenvalue weighted by Gasteiger charge is -2.13. The van der Waals surface area contributed by atoms with Gasteiger partial charge in [-0.1, -0.05) is 11.6 Å². The maximum atomic E-state index is 11.9. The fourth-order valence-corrected chi connectivity index (χ4v) is 1.43. The normalized spacial score (nSPS) is 11.7. The molecule has 18 heavy (non-hydrogen) atoms. The number of benzene rings is 1. The molecule has 0 aromatic heterocycles. The molecule has 0 aliphatic rings. The summed E-state index contributed by atoms with van der Waals surface area (Å²) in [6, 6.07) is 3.94. The predicted octanol–water partition coefficient (Wildman–Crippen LogP) is 1.38. The molecule has 5 heteroatoms. The third-order valence-corrected chi connectivity index (χ3v) is 2.38. The summed E-state index contributed by atoms with van der Waals surface area (Å²) >= 11 is 0. The van der Waals surface area contributed by atoms with E-state index in [1.165, 1.54) is 13.0 Å². The van der Waals surface area contributed by atoms with Gasteiger partial charge in [-0.05, 0) is 32.9 Å². The average Bonchev–Trinajstić information content (AvgIpc) is 2.32. The third kappa shape index (κ3) is 3.48. The van der Waals surface area contributed by atoms with Gasteiger partial charge in [0.2, 0.25) is 0 Å². The van der Waals surface area contributed by atoms with Crippen LogP contribution in [0.5, 0.6) is 5.75 Å². The van der Waals surface area contributed by atoms with Gasteiger partial charge < -0.3 is 15.2 Å². The Kier molecular flexibility index (Phi) is 4.71. The summed E-state index contributed by atoms with van der Waals surface area (Å²) in [5.74, 6) is -1.12. The number of hydrogen-bond donors (Lipinski definition) is 2. The van der Waals surface area contributed by atoms with Crippen LogP contribution in [0, 0.1) is 6.92 Å². The van der Waals surface area contributed by atoms with Gasteiger partial charge in [0.15, 0.2) is 0 Å². The molecule has 0 saturated heterocycles. The van der Waals surface area contributed by atoms with Crippen LogP contribution in [-0.4, -0.2) is 29.6 Å². The molecule has 98 valence electrons. The highest BCUT2D eigenvalue weighted by Gasteiger charge is 2.19. The van der Waals surface area contributed by atoms with Crippen LogP contribution in [0.25, 0.3) is 0 Å². The lowest BCUT2D eigenvalue weighted by atomic mass is 10.1. The Balaban J connectivity index is 2.76. The molecule has 0 aliphatic carbocycles. The van der Waals surface area contributed by atoms with Crippen molar-refractivity contribution in [3.05, 3.63) is 29.3 Å². The number of aryl methyl sites for hydroxylation is 1. The summed E-state index contributed by atoms with van der Waals surface area (Å²) in [4.78, 5) is 23.2. The summed E-state index contributed by atoms with van der Waals surface area (Å²) in [6.07, 6.45) is 0. The first kappa shape index (κ1) is 14.0. The molecule has 0 bridgehead atoms. The minimum Gasteiger partial charge on any atom is -0.507 e. The maximum absolute atomic E-state index is 11.9. The molecule has 0 spiro atoms. The predicted molar refractivity (Wildman–Crippen MR) is 66.4 cm³/mol. The number of amides is 1. The topological polar surface area (TPSA) is 75.6 Å². The molecule has 1 unspecified atom stereocenters. The van der Waals surface area contributed by atoms with Crippen LogP contribution < -0.4 is 5.32 Å². The van der Waals surface area contributed by atoms with Crippen molar-refractivity contribution in [2.24, 2.45) is 0 Å². The van der Waals surface area contributed by atoms with Crippen LogP contribution >= 0.6 is 0 Å². The van der Waals surface area contributed by atoms with E-state index in [9.17, 15) is 14.7 Å². The van der Waals surface area contributed by atoms with E-state index >= 15 is 0 Å². The van der Waals surface area contributed by atoms with Crippen molar-refractivity contribution >= 4 is 11.9 Å². The van der Waals surface area contributed by atoms with Gasteiger partial charge in [0.05, 0.1) is 12.2 Å². The van der Waals surface area contributed by atoms with Gasteiger partial charge in [-0.25, -0.2) is 4.79 Å². The zero-order chi connectivity index (χ0) is 13.7. The lowest BCUT2D eigenvalue weighted by molar-refractivity contribution is -0.144. The number of hydrogen-bond acceptors (Lipinski definition) is 4. The molecule has 0 aliphatic heterocycles. The highest BCUT2D eigenvalue weighted by molar-refractivity contribution is 5.99. The quantitative estimate of drug-likeness (QED) is 0.793. The Morgan fingerprint density at radius 3 is 2.72 bits per heavy atom. The van der Waals surface area contributed by atoms with Crippen molar-refractivity contribution in [1.82, 2.24) is 5.32 Å². The molecule has 1 aromatic rings. The van der Waals surface area contributed by atoms with Crippen LogP contribution in [-0.2, 0) is 9.53 Å². The zero-order valence-electron chi connectivity index (χ0n) is 10.7. The van der Waals surface area contributed by atoms with E-state index in [2.05, 4.69) is 5.32 Å². The average molecular weight is 251 g/mol. The standard InChI is InChI=1S/C13H17NO4/c1-4-18-13(17)9(3)14-12(16)10-7-8(2)5-6-11(10)15/h5-7,9,15H,4H2,1-3H3,(H,14,16). The first-order chi connectivity index (χ1) is 8.45. The van der Waals surface area contributed by atoms with Crippen molar-refractivity contribution in [1.29, 1.82) is 0 Å². The van der Waals surface area contributed by atoms with Crippen LogP contribution in [0.15, 0.2) is 18.2 Å². The highest BCUT2D eigenvalue weighted by atomic mass is 16.5. The summed E-state index contributed by atoms with van der Waals surface area (Å²) in [6.45, 7) is 5.29. The van der Waals surface area contributed by atoms with Crippen LogP contribution in [0.3, 0.4) is 0 Å². The number of esters is 1. The fourth-order valence-electron chi connectivity index (χ4n) is 1.43. The second kappa shape index (κ2) is 6.05. The number of rotatable bonds is 4. The number of nitrogens with one attached hydrogen (secondary N) is 1. The van der Waals surface area contributed by atoms with Crippen molar-refractivity contribution in [2.45, 2.75) is 26.8 Å². The minimum absolute atomic E-state index is 0.117. The fraction of sp³-hybridized carbons (Fsp3) is 0.385. The lowest BCUT2D eigenvalue weighted by Crippen LogP contribution is -2.39. The molecular formula is C13H17NO4. The molecule has 1 amide bonds. The smallest absolute Gasteiger partial charge is 0.328 e. The summed E-state index contributed by atoms with van der Waals surface area (Å²) in [5.41, 5.74) is 0.993. The van der Waals surface area contributed by atoms with Crippen molar-refractivity contribution in [3.63, 3.8) is 0 Å². The van der Waals surface area contributed by atoms with Crippen molar-refractivity contribution in [2.75, 3.05) is 6.61 Å². The van der Waals surface area contributed by atoms with E-state index in [0.717, 1.165) is 5.56 Å². The Morgan fingerprint density at radius 1 is 1.44 bits per heavy atom. The van der Waals surface area contributed by atoms with E-state index in [1.54, 1.807) is 19.1 Å². The monoisotopic (exact) mass is 251 g/mol. The van der Waals surface area contributed by atoms with E-state index in [4.69, 9.17) is 4.74 Å². The molecular weight excluding hydrogens is 234 g/mol. The van der Waals surface area contributed by atoms with Gasteiger partial charge in [-0.15, -0.1) is 0 Å². The van der Waals surface area contributed by atoms with Gasteiger partial charge in [-0.2, -0.15) is 0 Å². The molecule has 0 radical (unpaired) electrons. The third-order valence-electron chi connectivity index (χ3n) is 2.38. The van der Waals surface area contributed by atoms with Gasteiger partial charge in [0.25, 0.3) is 5.91 Å². The Labute approximate surface area is 106 Å². The molecule has 0 fully saturated rings. The molecule has 5 nitrogen and oxygen atoms in total. The van der Waals surface area contributed by atoms with E-state index in [1.807, 2.05) is 6.92 Å². The van der Waals surface area contributed by atoms with Gasteiger partial charge in [-0.3, -0.25) is 4.79 Å². The number of phenols is 1. The largest absolute Gasteiger partial charge is 0.507 e. The SMILES string of the molecule is CCOC(=O)C(C)NC(=O)c1cc(C)ccc1O.